The van der Waals surface area contributed by atoms with Crippen LogP contribution in [-0.2, 0) is 6.54 Å². The molecule has 0 unspecified atom stereocenters. The van der Waals surface area contributed by atoms with Crippen LogP contribution in [0.15, 0.2) is 36.4 Å². The van der Waals surface area contributed by atoms with Crippen molar-refractivity contribution in [3.05, 3.63) is 68.8 Å². The van der Waals surface area contributed by atoms with E-state index in [-0.39, 0.29) is 10.6 Å². The van der Waals surface area contributed by atoms with Gasteiger partial charge < -0.3 is 5.32 Å². The van der Waals surface area contributed by atoms with Crippen molar-refractivity contribution in [2.75, 3.05) is 5.32 Å². The number of nitrogens with one attached hydrogen (secondary N) is 1. The first kappa shape index (κ1) is 14.5. The number of nitro groups is 1. The van der Waals surface area contributed by atoms with Gasteiger partial charge in [-0.3, -0.25) is 10.1 Å². The molecular formula is C16H15N3O2. The van der Waals surface area contributed by atoms with Gasteiger partial charge in [-0.05, 0) is 48.7 Å². The fraction of sp³-hybridized carbons (Fsp3) is 0.188. The molecule has 0 amide bonds. The predicted molar refractivity (Wildman–Crippen MR) is 81.1 cm³/mol. The largest absolute Gasteiger partial charge is 0.375 e. The van der Waals surface area contributed by atoms with Crippen LogP contribution in [0.5, 0.6) is 0 Å². The minimum atomic E-state index is -0.381. The molecule has 0 aromatic heterocycles. The van der Waals surface area contributed by atoms with Crippen LogP contribution in [0.1, 0.15) is 22.3 Å². The molecule has 5 heteroatoms. The highest BCUT2D eigenvalue weighted by Crippen LogP contribution is 2.28. The van der Waals surface area contributed by atoms with Crippen molar-refractivity contribution in [1.82, 2.24) is 0 Å². The van der Waals surface area contributed by atoms with Crippen LogP contribution in [0.25, 0.3) is 0 Å². The molecule has 0 saturated heterocycles. The van der Waals surface area contributed by atoms with Crippen molar-refractivity contribution >= 4 is 11.4 Å². The summed E-state index contributed by atoms with van der Waals surface area (Å²) in [6, 6.07) is 12.5. The van der Waals surface area contributed by atoms with Crippen molar-refractivity contribution in [2.45, 2.75) is 20.4 Å². The maximum absolute atomic E-state index is 11.1. The van der Waals surface area contributed by atoms with E-state index in [0.29, 0.717) is 17.8 Å². The molecule has 5 nitrogen and oxygen atoms in total. The molecule has 0 saturated carbocycles. The van der Waals surface area contributed by atoms with Crippen LogP contribution in [0, 0.1) is 35.3 Å². The Balaban J connectivity index is 2.21. The van der Waals surface area contributed by atoms with Gasteiger partial charge in [-0.1, -0.05) is 12.1 Å². The molecule has 0 fully saturated rings. The van der Waals surface area contributed by atoms with Crippen molar-refractivity contribution in [2.24, 2.45) is 0 Å². The van der Waals surface area contributed by atoms with E-state index in [1.807, 2.05) is 26.0 Å². The van der Waals surface area contributed by atoms with E-state index in [4.69, 9.17) is 5.26 Å². The van der Waals surface area contributed by atoms with Crippen LogP contribution in [0.3, 0.4) is 0 Å². The Morgan fingerprint density at radius 2 is 1.81 bits per heavy atom. The lowest BCUT2D eigenvalue weighted by atomic mass is 10.1. The van der Waals surface area contributed by atoms with Gasteiger partial charge in [0.1, 0.15) is 5.69 Å². The summed E-state index contributed by atoms with van der Waals surface area (Å²) in [5.41, 5.74) is 4.03. The quantitative estimate of drug-likeness (QED) is 0.684. The number of hydrogen-bond acceptors (Lipinski definition) is 4. The number of anilines is 1. The third kappa shape index (κ3) is 3.37. The number of nitro benzene ring substituents is 1. The Morgan fingerprint density at radius 1 is 1.19 bits per heavy atom. The van der Waals surface area contributed by atoms with E-state index in [2.05, 4.69) is 11.4 Å². The monoisotopic (exact) mass is 281 g/mol. The van der Waals surface area contributed by atoms with Crippen LogP contribution in [0.2, 0.25) is 0 Å². The summed E-state index contributed by atoms with van der Waals surface area (Å²) in [4.78, 5) is 10.7. The summed E-state index contributed by atoms with van der Waals surface area (Å²) >= 11 is 0. The SMILES string of the molecule is Cc1cc(NCc2ccc(C#N)cc2)c([N+](=O)[O-])cc1C. The summed E-state index contributed by atoms with van der Waals surface area (Å²) in [6.45, 7) is 4.24. The number of hydrogen-bond donors (Lipinski definition) is 1. The van der Waals surface area contributed by atoms with Gasteiger partial charge in [0.05, 0.1) is 16.6 Å². The zero-order valence-corrected chi connectivity index (χ0v) is 11.9. The van der Waals surface area contributed by atoms with Crippen molar-refractivity contribution < 1.29 is 4.92 Å². The lowest BCUT2D eigenvalue weighted by Gasteiger charge is -2.10. The number of benzene rings is 2. The summed E-state index contributed by atoms with van der Waals surface area (Å²) in [5.74, 6) is 0. The van der Waals surface area contributed by atoms with Gasteiger partial charge in [0, 0.05) is 12.6 Å². The lowest BCUT2D eigenvalue weighted by Crippen LogP contribution is -2.03. The van der Waals surface area contributed by atoms with E-state index in [0.717, 1.165) is 16.7 Å². The normalized spacial score (nSPS) is 9.95. The lowest BCUT2D eigenvalue weighted by molar-refractivity contribution is -0.384. The smallest absolute Gasteiger partial charge is 0.292 e. The Labute approximate surface area is 123 Å². The van der Waals surface area contributed by atoms with Gasteiger partial charge in [-0.15, -0.1) is 0 Å². The second-order valence-corrected chi connectivity index (χ2v) is 4.87. The summed E-state index contributed by atoms with van der Waals surface area (Å²) in [6.07, 6.45) is 0. The molecule has 2 rings (SSSR count). The average molecular weight is 281 g/mol. The van der Waals surface area contributed by atoms with Gasteiger partial charge in [0.25, 0.3) is 5.69 Å². The maximum atomic E-state index is 11.1. The molecule has 0 spiro atoms. The molecule has 21 heavy (non-hydrogen) atoms. The van der Waals surface area contributed by atoms with Gasteiger partial charge in [0.2, 0.25) is 0 Å². The predicted octanol–water partition coefficient (Wildman–Crippen LogP) is 3.70. The molecule has 2 aromatic rings. The maximum Gasteiger partial charge on any atom is 0.292 e. The molecule has 0 heterocycles. The third-order valence-electron chi connectivity index (χ3n) is 3.37. The highest BCUT2D eigenvalue weighted by atomic mass is 16.6. The fourth-order valence-corrected chi connectivity index (χ4v) is 1.99. The topological polar surface area (TPSA) is 79.0 Å². The molecule has 0 aliphatic rings. The first-order valence-electron chi connectivity index (χ1n) is 6.50. The number of rotatable bonds is 4. The second-order valence-electron chi connectivity index (χ2n) is 4.87. The molecule has 1 N–H and O–H groups in total. The van der Waals surface area contributed by atoms with Crippen molar-refractivity contribution in [3.63, 3.8) is 0 Å². The van der Waals surface area contributed by atoms with Gasteiger partial charge in [-0.2, -0.15) is 5.26 Å². The van der Waals surface area contributed by atoms with Crippen LogP contribution >= 0.6 is 0 Å². The van der Waals surface area contributed by atoms with E-state index in [1.165, 1.54) is 0 Å². The molecule has 0 bridgehead atoms. The summed E-state index contributed by atoms with van der Waals surface area (Å²) < 4.78 is 0. The van der Waals surface area contributed by atoms with E-state index < -0.39 is 0 Å². The molecule has 0 atom stereocenters. The Morgan fingerprint density at radius 3 is 2.38 bits per heavy atom. The third-order valence-corrected chi connectivity index (χ3v) is 3.37. The van der Waals surface area contributed by atoms with Gasteiger partial charge >= 0.3 is 0 Å². The van der Waals surface area contributed by atoms with Crippen molar-refractivity contribution in [3.8, 4) is 6.07 Å². The summed E-state index contributed by atoms with van der Waals surface area (Å²) in [7, 11) is 0. The molecular weight excluding hydrogens is 266 g/mol. The molecule has 106 valence electrons. The van der Waals surface area contributed by atoms with Crippen molar-refractivity contribution in [1.29, 1.82) is 5.26 Å². The Bertz CT molecular complexity index is 716. The zero-order chi connectivity index (χ0) is 15.4. The number of nitrogens with zero attached hydrogens (tertiary/aromatic N) is 2. The van der Waals surface area contributed by atoms with Gasteiger partial charge in [0.15, 0.2) is 0 Å². The van der Waals surface area contributed by atoms with Crippen LogP contribution in [-0.4, -0.2) is 4.92 Å². The fourth-order valence-electron chi connectivity index (χ4n) is 1.99. The number of nitriles is 1. The van der Waals surface area contributed by atoms with E-state index in [1.54, 1.807) is 24.3 Å². The molecule has 2 aromatic carbocycles. The molecule has 0 aliphatic carbocycles. The molecule has 0 radical (unpaired) electrons. The zero-order valence-electron chi connectivity index (χ0n) is 11.9. The highest BCUT2D eigenvalue weighted by Gasteiger charge is 2.15. The highest BCUT2D eigenvalue weighted by molar-refractivity contribution is 5.64. The molecule has 0 aliphatic heterocycles. The van der Waals surface area contributed by atoms with Crippen LogP contribution < -0.4 is 5.32 Å². The van der Waals surface area contributed by atoms with E-state index >= 15 is 0 Å². The standard InChI is InChI=1S/C16H15N3O2/c1-11-7-15(16(19(20)21)8-12(11)2)18-10-14-5-3-13(9-17)4-6-14/h3-8,18H,10H2,1-2H3. The Kier molecular flexibility index (Phi) is 4.19. The minimum Gasteiger partial charge on any atom is -0.375 e. The first-order chi connectivity index (χ1) is 10.0. The van der Waals surface area contributed by atoms with Crippen LogP contribution in [0.4, 0.5) is 11.4 Å². The average Bonchev–Trinajstić information content (AvgIpc) is 2.48. The van der Waals surface area contributed by atoms with E-state index in [9.17, 15) is 10.1 Å². The van der Waals surface area contributed by atoms with Gasteiger partial charge in [-0.25, -0.2) is 0 Å². The summed E-state index contributed by atoms with van der Waals surface area (Å²) in [5, 5.41) is 23.0. The Hall–Kier alpha value is -2.87. The minimum absolute atomic E-state index is 0.0757. The number of aryl methyl sites for hydroxylation is 2. The first-order valence-corrected chi connectivity index (χ1v) is 6.50. The second kappa shape index (κ2) is 6.06.